The molecule has 0 atom stereocenters. The van der Waals surface area contributed by atoms with E-state index in [1.54, 1.807) is 0 Å². The normalized spacial score (nSPS) is 11.1. The topological polar surface area (TPSA) is 51.3 Å². The van der Waals surface area contributed by atoms with Gasteiger partial charge in [0.2, 0.25) is 0 Å². The standard InChI is InChI=1S/C10H9N3/c11-13-7-10-5-8-3-1-2-4-9(8)6-12-10/h1-7H,11H2/b13-7-. The van der Waals surface area contributed by atoms with Crippen molar-refractivity contribution in [2.45, 2.75) is 0 Å². The highest BCUT2D eigenvalue weighted by Crippen LogP contribution is 2.11. The maximum absolute atomic E-state index is 5.03. The average molecular weight is 171 g/mol. The van der Waals surface area contributed by atoms with Gasteiger partial charge in [-0.2, -0.15) is 5.10 Å². The second-order valence-electron chi connectivity index (χ2n) is 2.73. The van der Waals surface area contributed by atoms with Gasteiger partial charge in [0, 0.05) is 11.6 Å². The smallest absolute Gasteiger partial charge is 0.0836 e. The highest BCUT2D eigenvalue weighted by Gasteiger charge is 1.93. The highest BCUT2D eigenvalue weighted by atomic mass is 15.1. The minimum absolute atomic E-state index is 0.779. The minimum Gasteiger partial charge on any atom is -0.323 e. The molecule has 1 aromatic carbocycles. The van der Waals surface area contributed by atoms with E-state index in [1.165, 1.54) is 6.21 Å². The molecule has 3 heteroatoms. The summed E-state index contributed by atoms with van der Waals surface area (Å²) in [4.78, 5) is 4.17. The third-order valence-electron chi connectivity index (χ3n) is 1.86. The SMILES string of the molecule is N/N=C\c1cc2ccccc2cn1. The van der Waals surface area contributed by atoms with Gasteiger partial charge in [-0.3, -0.25) is 4.98 Å². The van der Waals surface area contributed by atoms with Crippen molar-refractivity contribution >= 4 is 17.0 Å². The van der Waals surface area contributed by atoms with Crippen molar-refractivity contribution in [2.24, 2.45) is 10.9 Å². The zero-order chi connectivity index (χ0) is 9.10. The molecule has 0 saturated carbocycles. The molecule has 0 amide bonds. The molecule has 2 N–H and O–H groups in total. The summed E-state index contributed by atoms with van der Waals surface area (Å²) in [6.07, 6.45) is 3.35. The zero-order valence-corrected chi connectivity index (χ0v) is 7.01. The van der Waals surface area contributed by atoms with E-state index in [2.05, 4.69) is 10.1 Å². The van der Waals surface area contributed by atoms with Crippen LogP contribution in [0, 0.1) is 0 Å². The van der Waals surface area contributed by atoms with Gasteiger partial charge in [-0.05, 0) is 11.5 Å². The molecule has 2 rings (SSSR count). The Morgan fingerprint density at radius 2 is 2.00 bits per heavy atom. The van der Waals surface area contributed by atoms with Crippen molar-refractivity contribution in [1.29, 1.82) is 0 Å². The van der Waals surface area contributed by atoms with Gasteiger partial charge in [-0.25, -0.2) is 0 Å². The van der Waals surface area contributed by atoms with E-state index in [1.807, 2.05) is 36.5 Å². The number of nitrogens with two attached hydrogens (primary N) is 1. The van der Waals surface area contributed by atoms with Crippen LogP contribution in [0.5, 0.6) is 0 Å². The fourth-order valence-corrected chi connectivity index (χ4v) is 1.25. The van der Waals surface area contributed by atoms with Gasteiger partial charge in [0.1, 0.15) is 0 Å². The molecule has 0 aliphatic carbocycles. The third-order valence-corrected chi connectivity index (χ3v) is 1.86. The molecular formula is C10H9N3. The molecule has 0 bridgehead atoms. The first-order valence-corrected chi connectivity index (χ1v) is 3.98. The molecule has 64 valence electrons. The van der Waals surface area contributed by atoms with Crippen LogP contribution in [0.1, 0.15) is 5.69 Å². The molecule has 13 heavy (non-hydrogen) atoms. The van der Waals surface area contributed by atoms with Gasteiger partial charge in [-0.15, -0.1) is 0 Å². The minimum atomic E-state index is 0.779. The maximum Gasteiger partial charge on any atom is 0.0836 e. The van der Waals surface area contributed by atoms with Crippen LogP contribution in [-0.4, -0.2) is 11.2 Å². The van der Waals surface area contributed by atoms with Crippen LogP contribution in [0.2, 0.25) is 0 Å². The first kappa shape index (κ1) is 7.73. The Hall–Kier alpha value is -1.90. The number of nitrogens with zero attached hydrogens (tertiary/aromatic N) is 2. The highest BCUT2D eigenvalue weighted by molar-refractivity contribution is 5.87. The summed E-state index contributed by atoms with van der Waals surface area (Å²) in [5.41, 5.74) is 0.779. The van der Waals surface area contributed by atoms with E-state index in [0.29, 0.717) is 0 Å². The Morgan fingerprint density at radius 3 is 2.77 bits per heavy atom. The van der Waals surface area contributed by atoms with Gasteiger partial charge in [0.05, 0.1) is 11.9 Å². The summed E-state index contributed by atoms with van der Waals surface area (Å²) in [6.45, 7) is 0. The molecule has 0 aliphatic heterocycles. The van der Waals surface area contributed by atoms with E-state index in [-0.39, 0.29) is 0 Å². The fraction of sp³-hybridized carbons (Fsp3) is 0. The van der Waals surface area contributed by atoms with Crippen molar-refractivity contribution in [1.82, 2.24) is 4.98 Å². The maximum atomic E-state index is 5.03. The van der Waals surface area contributed by atoms with Gasteiger partial charge in [-0.1, -0.05) is 24.3 Å². The van der Waals surface area contributed by atoms with Gasteiger partial charge in [0.25, 0.3) is 0 Å². The largest absolute Gasteiger partial charge is 0.323 e. The molecule has 0 spiro atoms. The van der Waals surface area contributed by atoms with Crippen molar-refractivity contribution in [2.75, 3.05) is 0 Å². The van der Waals surface area contributed by atoms with E-state index in [4.69, 9.17) is 5.84 Å². The van der Waals surface area contributed by atoms with E-state index in [0.717, 1.165) is 16.5 Å². The lowest BCUT2D eigenvalue weighted by molar-refractivity contribution is 1.24. The number of hydrazone groups is 1. The van der Waals surface area contributed by atoms with Gasteiger partial charge in [0.15, 0.2) is 0 Å². The van der Waals surface area contributed by atoms with Crippen LogP contribution in [0.3, 0.4) is 0 Å². The second kappa shape index (κ2) is 3.23. The lowest BCUT2D eigenvalue weighted by Gasteiger charge is -1.96. The Bertz CT molecular complexity index is 449. The zero-order valence-electron chi connectivity index (χ0n) is 7.01. The Kier molecular flexibility index (Phi) is 1.92. The molecule has 0 radical (unpaired) electrons. The number of hydrogen-bond acceptors (Lipinski definition) is 3. The van der Waals surface area contributed by atoms with Crippen LogP contribution < -0.4 is 5.84 Å². The molecule has 0 unspecified atom stereocenters. The number of fused-ring (bicyclic) bond motifs is 1. The lowest BCUT2D eigenvalue weighted by atomic mass is 10.1. The number of aromatic nitrogens is 1. The van der Waals surface area contributed by atoms with Gasteiger partial charge < -0.3 is 5.84 Å². The number of pyridine rings is 1. The van der Waals surface area contributed by atoms with Crippen molar-refractivity contribution < 1.29 is 0 Å². The molecule has 1 aromatic heterocycles. The molecule has 0 saturated heterocycles. The summed E-state index contributed by atoms with van der Waals surface area (Å²) < 4.78 is 0. The van der Waals surface area contributed by atoms with Crippen molar-refractivity contribution in [3.05, 3.63) is 42.2 Å². The van der Waals surface area contributed by atoms with Crippen molar-refractivity contribution in [3.8, 4) is 0 Å². The monoisotopic (exact) mass is 171 g/mol. The molecule has 0 aliphatic rings. The summed E-state index contributed by atoms with van der Waals surface area (Å²) in [7, 11) is 0. The summed E-state index contributed by atoms with van der Waals surface area (Å²) in [5, 5.41) is 5.69. The molecule has 2 aromatic rings. The fourth-order valence-electron chi connectivity index (χ4n) is 1.25. The van der Waals surface area contributed by atoms with Crippen molar-refractivity contribution in [3.63, 3.8) is 0 Å². The van der Waals surface area contributed by atoms with Gasteiger partial charge >= 0.3 is 0 Å². The Labute approximate surface area is 75.9 Å². The lowest BCUT2D eigenvalue weighted by Crippen LogP contribution is -1.90. The van der Waals surface area contributed by atoms with Crippen LogP contribution >= 0.6 is 0 Å². The predicted molar refractivity (Wildman–Crippen MR) is 53.5 cm³/mol. The van der Waals surface area contributed by atoms with Crippen LogP contribution in [0.4, 0.5) is 0 Å². The van der Waals surface area contributed by atoms with Crippen LogP contribution in [-0.2, 0) is 0 Å². The average Bonchev–Trinajstić information content (AvgIpc) is 2.18. The number of rotatable bonds is 1. The van der Waals surface area contributed by atoms with E-state index >= 15 is 0 Å². The molecule has 0 fully saturated rings. The molecule has 3 nitrogen and oxygen atoms in total. The van der Waals surface area contributed by atoms with Crippen LogP contribution in [0.25, 0.3) is 10.8 Å². The molecular weight excluding hydrogens is 162 g/mol. The first-order valence-electron chi connectivity index (χ1n) is 3.98. The molecule has 1 heterocycles. The van der Waals surface area contributed by atoms with E-state index < -0.39 is 0 Å². The number of benzene rings is 1. The Balaban J connectivity index is 2.62. The quantitative estimate of drug-likeness (QED) is 0.402. The summed E-state index contributed by atoms with van der Waals surface area (Å²) in [5.74, 6) is 5.03. The first-order chi connectivity index (χ1) is 6.40. The summed E-state index contributed by atoms with van der Waals surface area (Å²) >= 11 is 0. The third kappa shape index (κ3) is 1.49. The summed E-state index contributed by atoms with van der Waals surface area (Å²) in [6, 6.07) is 9.98. The number of hydrogen-bond donors (Lipinski definition) is 1. The van der Waals surface area contributed by atoms with E-state index in [9.17, 15) is 0 Å². The second-order valence-corrected chi connectivity index (χ2v) is 2.73. The Morgan fingerprint density at radius 1 is 1.23 bits per heavy atom. The van der Waals surface area contributed by atoms with Crippen LogP contribution in [0.15, 0.2) is 41.6 Å². The predicted octanol–water partition coefficient (Wildman–Crippen LogP) is 1.53.